The fourth-order valence-corrected chi connectivity index (χ4v) is 4.91. The molecule has 0 unspecified atom stereocenters. The van der Waals surface area contributed by atoms with Crippen molar-refractivity contribution < 1.29 is 24.2 Å². The van der Waals surface area contributed by atoms with Crippen LogP contribution in [0.1, 0.15) is 42.7 Å². The topological polar surface area (TPSA) is 105 Å². The monoisotopic (exact) mass is 436 g/mol. The van der Waals surface area contributed by atoms with Gasteiger partial charge in [0, 0.05) is 24.9 Å². The molecule has 0 bridgehead atoms. The Morgan fingerprint density at radius 1 is 0.938 bits per heavy atom. The van der Waals surface area contributed by atoms with E-state index in [9.17, 15) is 14.4 Å². The van der Waals surface area contributed by atoms with Gasteiger partial charge in [0.2, 0.25) is 5.91 Å². The number of nitrogens with one attached hydrogen (secondary N) is 2. The second-order valence-electron chi connectivity index (χ2n) is 8.44. The maximum Gasteiger partial charge on any atom is 0.407 e. The Labute approximate surface area is 187 Å². The van der Waals surface area contributed by atoms with Crippen molar-refractivity contribution >= 4 is 18.0 Å². The van der Waals surface area contributed by atoms with Crippen LogP contribution in [-0.4, -0.2) is 42.8 Å². The summed E-state index contributed by atoms with van der Waals surface area (Å²) >= 11 is 0. The minimum atomic E-state index is -0.940. The van der Waals surface area contributed by atoms with E-state index in [4.69, 9.17) is 9.84 Å². The molecule has 4 rings (SSSR count). The highest BCUT2D eigenvalue weighted by Crippen LogP contribution is 2.44. The quantitative estimate of drug-likeness (QED) is 0.587. The molecule has 2 aromatic carbocycles. The molecule has 1 saturated carbocycles. The van der Waals surface area contributed by atoms with Crippen LogP contribution in [0.15, 0.2) is 48.5 Å². The summed E-state index contributed by atoms with van der Waals surface area (Å²) < 4.78 is 5.57. The molecule has 0 heterocycles. The third kappa shape index (κ3) is 4.77. The molecule has 32 heavy (non-hydrogen) atoms. The van der Waals surface area contributed by atoms with E-state index in [0.29, 0.717) is 6.54 Å². The fraction of sp³-hybridized carbons (Fsp3) is 0.400. The summed E-state index contributed by atoms with van der Waals surface area (Å²) in [4.78, 5) is 35.4. The molecule has 2 aliphatic rings. The van der Waals surface area contributed by atoms with Gasteiger partial charge in [0.1, 0.15) is 6.61 Å². The van der Waals surface area contributed by atoms with Gasteiger partial charge < -0.3 is 20.5 Å². The van der Waals surface area contributed by atoms with Gasteiger partial charge >= 0.3 is 12.1 Å². The fourth-order valence-electron chi connectivity index (χ4n) is 4.91. The first-order valence-corrected chi connectivity index (χ1v) is 11.1. The van der Waals surface area contributed by atoms with E-state index in [1.165, 1.54) is 11.1 Å². The number of ether oxygens (including phenoxy) is 1. The highest BCUT2D eigenvalue weighted by atomic mass is 16.5. The number of benzene rings is 2. The van der Waals surface area contributed by atoms with E-state index in [2.05, 4.69) is 34.9 Å². The first-order chi connectivity index (χ1) is 15.5. The van der Waals surface area contributed by atoms with Crippen molar-refractivity contribution in [2.75, 3.05) is 19.7 Å². The van der Waals surface area contributed by atoms with E-state index in [0.717, 1.165) is 30.4 Å². The zero-order valence-corrected chi connectivity index (χ0v) is 17.9. The van der Waals surface area contributed by atoms with Crippen molar-refractivity contribution in [3.05, 3.63) is 59.7 Å². The molecule has 2 aliphatic carbocycles. The molecule has 168 valence electrons. The lowest BCUT2D eigenvalue weighted by molar-refractivity contribution is -0.137. The van der Waals surface area contributed by atoms with Crippen molar-refractivity contribution in [1.29, 1.82) is 0 Å². The predicted molar refractivity (Wildman–Crippen MR) is 119 cm³/mol. The summed E-state index contributed by atoms with van der Waals surface area (Å²) in [5.74, 6) is -1.25. The van der Waals surface area contributed by atoms with E-state index >= 15 is 0 Å². The summed E-state index contributed by atoms with van der Waals surface area (Å²) in [7, 11) is 0. The zero-order chi connectivity index (χ0) is 22.5. The van der Waals surface area contributed by atoms with Crippen LogP contribution in [0.25, 0.3) is 11.1 Å². The van der Waals surface area contributed by atoms with Crippen LogP contribution in [0.2, 0.25) is 0 Å². The standard InChI is InChI=1S/C25H28N2O5/c28-23(29)12-13-26-24(30)17-11-5-6-16(17)14-27-25(31)32-15-22-20-9-3-1-7-18(20)19-8-2-4-10-21(19)22/h1-4,7-10,16-17,22H,5-6,11-15H2,(H,26,30)(H,27,31)(H,28,29)/t16-,17-/m0/s1. The Morgan fingerprint density at radius 2 is 1.59 bits per heavy atom. The molecule has 2 amide bonds. The number of carboxylic acids is 1. The van der Waals surface area contributed by atoms with E-state index < -0.39 is 12.1 Å². The van der Waals surface area contributed by atoms with Gasteiger partial charge in [-0.3, -0.25) is 9.59 Å². The van der Waals surface area contributed by atoms with E-state index in [-0.39, 0.29) is 43.2 Å². The summed E-state index contributed by atoms with van der Waals surface area (Å²) in [5, 5.41) is 14.2. The third-order valence-electron chi connectivity index (χ3n) is 6.49. The Hall–Kier alpha value is -3.35. The number of carbonyl (C=O) groups is 3. The normalized spacial score (nSPS) is 19.1. The Balaban J connectivity index is 1.28. The average molecular weight is 437 g/mol. The summed E-state index contributed by atoms with van der Waals surface area (Å²) in [6.45, 7) is 0.745. The largest absolute Gasteiger partial charge is 0.481 e. The molecule has 0 aliphatic heterocycles. The molecule has 0 radical (unpaired) electrons. The molecular formula is C25H28N2O5. The smallest absolute Gasteiger partial charge is 0.407 e. The van der Waals surface area contributed by atoms with Crippen LogP contribution >= 0.6 is 0 Å². The van der Waals surface area contributed by atoms with Crippen molar-refractivity contribution in [3.8, 4) is 11.1 Å². The van der Waals surface area contributed by atoms with Crippen LogP contribution in [0.3, 0.4) is 0 Å². The van der Waals surface area contributed by atoms with Crippen molar-refractivity contribution in [2.45, 2.75) is 31.6 Å². The molecule has 3 N–H and O–H groups in total. The molecule has 1 fully saturated rings. The van der Waals surface area contributed by atoms with E-state index in [1.54, 1.807) is 0 Å². The molecule has 2 aromatic rings. The van der Waals surface area contributed by atoms with Gasteiger partial charge in [0.25, 0.3) is 0 Å². The minimum Gasteiger partial charge on any atom is -0.481 e. The lowest BCUT2D eigenvalue weighted by atomic mass is 9.95. The second kappa shape index (κ2) is 9.85. The number of alkyl carbamates (subject to hydrolysis) is 1. The predicted octanol–water partition coefficient (Wildman–Crippen LogP) is 3.53. The number of carboxylic acid groups (broad SMARTS) is 1. The highest BCUT2D eigenvalue weighted by molar-refractivity contribution is 5.80. The van der Waals surface area contributed by atoms with Gasteiger partial charge in [0.05, 0.1) is 6.42 Å². The van der Waals surface area contributed by atoms with Gasteiger partial charge in [-0.25, -0.2) is 4.79 Å². The van der Waals surface area contributed by atoms with Gasteiger partial charge in [0.15, 0.2) is 0 Å². The maximum atomic E-state index is 12.4. The maximum absolute atomic E-state index is 12.4. The summed E-state index contributed by atoms with van der Waals surface area (Å²) in [6, 6.07) is 16.4. The third-order valence-corrected chi connectivity index (χ3v) is 6.49. The Morgan fingerprint density at radius 3 is 2.25 bits per heavy atom. The van der Waals surface area contributed by atoms with Crippen LogP contribution in [0, 0.1) is 11.8 Å². The lowest BCUT2D eigenvalue weighted by Gasteiger charge is -2.20. The van der Waals surface area contributed by atoms with Crippen LogP contribution < -0.4 is 10.6 Å². The van der Waals surface area contributed by atoms with Crippen LogP contribution in [0.4, 0.5) is 4.79 Å². The van der Waals surface area contributed by atoms with E-state index in [1.807, 2.05) is 24.3 Å². The van der Waals surface area contributed by atoms with Gasteiger partial charge in [-0.05, 0) is 41.0 Å². The molecule has 2 atom stereocenters. The number of amides is 2. The molecule has 0 aromatic heterocycles. The lowest BCUT2D eigenvalue weighted by Crippen LogP contribution is -2.38. The average Bonchev–Trinajstić information content (AvgIpc) is 3.39. The second-order valence-corrected chi connectivity index (χ2v) is 8.44. The van der Waals surface area contributed by atoms with Crippen LogP contribution in [-0.2, 0) is 14.3 Å². The number of hydrogen-bond acceptors (Lipinski definition) is 4. The Bertz CT molecular complexity index is 960. The number of rotatable bonds is 8. The number of fused-ring (bicyclic) bond motifs is 3. The van der Waals surface area contributed by atoms with Crippen molar-refractivity contribution in [3.63, 3.8) is 0 Å². The minimum absolute atomic E-state index is 0.00684. The SMILES string of the molecule is O=C(O)CCNC(=O)[C@H]1CCC[C@H]1CNC(=O)OCC1c2ccccc2-c2ccccc21. The van der Waals surface area contributed by atoms with Gasteiger partial charge in [-0.2, -0.15) is 0 Å². The number of hydrogen-bond donors (Lipinski definition) is 3. The first-order valence-electron chi connectivity index (χ1n) is 11.1. The molecular weight excluding hydrogens is 408 g/mol. The molecule has 0 spiro atoms. The first kappa shape index (κ1) is 21.9. The van der Waals surface area contributed by atoms with Crippen molar-refractivity contribution in [2.24, 2.45) is 11.8 Å². The summed E-state index contributed by atoms with van der Waals surface area (Å²) in [5.41, 5.74) is 4.69. The number of aliphatic carboxylic acids is 1. The van der Waals surface area contributed by atoms with Gasteiger partial charge in [-0.1, -0.05) is 55.0 Å². The summed E-state index contributed by atoms with van der Waals surface area (Å²) in [6.07, 6.45) is 1.93. The number of carbonyl (C=O) groups excluding carboxylic acids is 2. The highest BCUT2D eigenvalue weighted by Gasteiger charge is 2.33. The Kier molecular flexibility index (Phi) is 6.73. The molecule has 0 saturated heterocycles. The molecule has 7 nitrogen and oxygen atoms in total. The molecule has 7 heteroatoms. The van der Waals surface area contributed by atoms with Crippen molar-refractivity contribution in [1.82, 2.24) is 10.6 Å². The van der Waals surface area contributed by atoms with Gasteiger partial charge in [-0.15, -0.1) is 0 Å². The van der Waals surface area contributed by atoms with Crippen LogP contribution in [0.5, 0.6) is 0 Å². The zero-order valence-electron chi connectivity index (χ0n) is 17.9.